The Kier molecular flexibility index (Phi) is 8.25. The SMILES string of the molecule is CC.CCC.c1ccc2c(c1)CNC2. The molecule has 0 saturated carbocycles. The van der Waals surface area contributed by atoms with Crippen molar-refractivity contribution in [3.63, 3.8) is 0 Å². The third-order valence-corrected chi connectivity index (χ3v) is 1.75. The molecule has 1 heterocycles. The van der Waals surface area contributed by atoms with Crippen molar-refractivity contribution >= 4 is 0 Å². The van der Waals surface area contributed by atoms with Crippen molar-refractivity contribution in [1.29, 1.82) is 0 Å². The normalized spacial score (nSPS) is 11.7. The smallest absolute Gasteiger partial charge is 0.0211 e. The van der Waals surface area contributed by atoms with Crippen molar-refractivity contribution in [2.45, 2.75) is 47.2 Å². The highest BCUT2D eigenvalue weighted by atomic mass is 14.9. The molecule has 1 heteroatoms. The lowest BCUT2D eigenvalue weighted by atomic mass is 10.1. The van der Waals surface area contributed by atoms with E-state index in [2.05, 4.69) is 43.4 Å². The number of rotatable bonds is 0. The van der Waals surface area contributed by atoms with Crippen molar-refractivity contribution in [2.24, 2.45) is 0 Å². The van der Waals surface area contributed by atoms with Gasteiger partial charge in [-0.3, -0.25) is 0 Å². The Labute approximate surface area is 88.5 Å². The van der Waals surface area contributed by atoms with Crippen LogP contribution in [0.2, 0.25) is 0 Å². The molecule has 80 valence electrons. The van der Waals surface area contributed by atoms with Gasteiger partial charge in [-0.05, 0) is 11.1 Å². The van der Waals surface area contributed by atoms with E-state index in [0.29, 0.717) is 0 Å². The van der Waals surface area contributed by atoms with Crippen LogP contribution in [-0.2, 0) is 13.1 Å². The first-order valence-corrected chi connectivity index (χ1v) is 5.66. The first-order valence-electron chi connectivity index (χ1n) is 5.66. The number of fused-ring (bicyclic) bond motifs is 1. The number of benzene rings is 1. The van der Waals surface area contributed by atoms with Gasteiger partial charge in [-0.15, -0.1) is 0 Å². The van der Waals surface area contributed by atoms with Gasteiger partial charge in [-0.25, -0.2) is 0 Å². The fraction of sp³-hybridized carbons (Fsp3) is 0.538. The molecule has 2 rings (SSSR count). The van der Waals surface area contributed by atoms with Crippen molar-refractivity contribution in [3.05, 3.63) is 35.4 Å². The van der Waals surface area contributed by atoms with Gasteiger partial charge in [0.1, 0.15) is 0 Å². The fourth-order valence-electron chi connectivity index (χ4n) is 1.23. The van der Waals surface area contributed by atoms with Gasteiger partial charge in [-0.1, -0.05) is 58.4 Å². The minimum atomic E-state index is 1.05. The molecule has 0 saturated heterocycles. The highest BCUT2D eigenvalue weighted by molar-refractivity contribution is 5.29. The first kappa shape index (κ1) is 13.2. The van der Waals surface area contributed by atoms with Crippen LogP contribution < -0.4 is 5.32 Å². The van der Waals surface area contributed by atoms with E-state index in [4.69, 9.17) is 0 Å². The van der Waals surface area contributed by atoms with Crippen molar-refractivity contribution in [1.82, 2.24) is 5.32 Å². The zero-order valence-corrected chi connectivity index (χ0v) is 9.93. The monoisotopic (exact) mass is 193 g/mol. The van der Waals surface area contributed by atoms with E-state index < -0.39 is 0 Å². The van der Waals surface area contributed by atoms with E-state index in [-0.39, 0.29) is 0 Å². The number of hydrogen-bond donors (Lipinski definition) is 1. The van der Waals surface area contributed by atoms with Crippen LogP contribution in [0, 0.1) is 0 Å². The van der Waals surface area contributed by atoms with Crippen molar-refractivity contribution in [3.8, 4) is 0 Å². The Morgan fingerprint density at radius 1 is 1.00 bits per heavy atom. The summed E-state index contributed by atoms with van der Waals surface area (Å²) in [6.45, 7) is 10.4. The van der Waals surface area contributed by atoms with Crippen LogP contribution in [0.5, 0.6) is 0 Å². The summed E-state index contributed by atoms with van der Waals surface area (Å²) in [7, 11) is 0. The average molecular weight is 193 g/mol. The minimum absolute atomic E-state index is 1.05. The predicted molar refractivity (Wildman–Crippen MR) is 64.3 cm³/mol. The van der Waals surface area contributed by atoms with Gasteiger partial charge in [0.15, 0.2) is 0 Å². The summed E-state index contributed by atoms with van der Waals surface area (Å²) >= 11 is 0. The molecule has 0 aromatic heterocycles. The molecule has 1 nitrogen and oxygen atoms in total. The summed E-state index contributed by atoms with van der Waals surface area (Å²) in [6.07, 6.45) is 1.25. The van der Waals surface area contributed by atoms with Crippen LogP contribution in [-0.4, -0.2) is 0 Å². The van der Waals surface area contributed by atoms with Crippen molar-refractivity contribution in [2.75, 3.05) is 0 Å². The van der Waals surface area contributed by atoms with Crippen LogP contribution in [0.1, 0.15) is 45.2 Å². The Morgan fingerprint density at radius 2 is 1.36 bits per heavy atom. The zero-order chi connectivity index (χ0) is 10.8. The maximum atomic E-state index is 3.29. The second-order valence-electron chi connectivity index (χ2n) is 3.08. The Morgan fingerprint density at radius 3 is 1.71 bits per heavy atom. The van der Waals surface area contributed by atoms with E-state index in [1.807, 2.05) is 13.8 Å². The second-order valence-corrected chi connectivity index (χ2v) is 3.08. The van der Waals surface area contributed by atoms with Crippen LogP contribution in [0.15, 0.2) is 24.3 Å². The van der Waals surface area contributed by atoms with Crippen LogP contribution >= 0.6 is 0 Å². The summed E-state index contributed by atoms with van der Waals surface area (Å²) in [5.41, 5.74) is 2.91. The highest BCUT2D eigenvalue weighted by Gasteiger charge is 2.06. The molecule has 0 spiro atoms. The molecule has 1 aliphatic heterocycles. The molecular formula is C13H23N. The average Bonchev–Trinajstić information content (AvgIpc) is 2.69. The molecule has 0 amide bonds. The lowest BCUT2D eigenvalue weighted by Crippen LogP contribution is -1.99. The summed E-state index contributed by atoms with van der Waals surface area (Å²) < 4.78 is 0. The fourth-order valence-corrected chi connectivity index (χ4v) is 1.23. The zero-order valence-electron chi connectivity index (χ0n) is 9.93. The van der Waals surface area contributed by atoms with Gasteiger partial charge < -0.3 is 5.32 Å². The highest BCUT2D eigenvalue weighted by Crippen LogP contribution is 2.12. The molecule has 0 fully saturated rings. The minimum Gasteiger partial charge on any atom is -0.309 e. The molecule has 0 radical (unpaired) electrons. The summed E-state index contributed by atoms with van der Waals surface area (Å²) in [5, 5.41) is 3.29. The Hall–Kier alpha value is -0.820. The number of hydrogen-bond acceptors (Lipinski definition) is 1. The van der Waals surface area contributed by atoms with Gasteiger partial charge in [0, 0.05) is 13.1 Å². The maximum Gasteiger partial charge on any atom is 0.0211 e. The Bertz CT molecular complexity index is 207. The van der Waals surface area contributed by atoms with Crippen LogP contribution in [0.25, 0.3) is 0 Å². The predicted octanol–water partition coefficient (Wildman–Crippen LogP) is 3.73. The van der Waals surface area contributed by atoms with Gasteiger partial charge in [0.05, 0.1) is 0 Å². The molecule has 14 heavy (non-hydrogen) atoms. The summed E-state index contributed by atoms with van der Waals surface area (Å²) in [6, 6.07) is 8.53. The van der Waals surface area contributed by atoms with Gasteiger partial charge in [-0.2, -0.15) is 0 Å². The van der Waals surface area contributed by atoms with Crippen LogP contribution in [0.3, 0.4) is 0 Å². The first-order chi connectivity index (χ1) is 6.88. The van der Waals surface area contributed by atoms with Gasteiger partial charge >= 0.3 is 0 Å². The Balaban J connectivity index is 0.000000294. The molecule has 0 bridgehead atoms. The van der Waals surface area contributed by atoms with Gasteiger partial charge in [0.2, 0.25) is 0 Å². The van der Waals surface area contributed by atoms with E-state index >= 15 is 0 Å². The maximum absolute atomic E-state index is 3.29. The summed E-state index contributed by atoms with van der Waals surface area (Å²) in [4.78, 5) is 0. The van der Waals surface area contributed by atoms with E-state index in [1.54, 1.807) is 0 Å². The van der Waals surface area contributed by atoms with Gasteiger partial charge in [0.25, 0.3) is 0 Å². The van der Waals surface area contributed by atoms with E-state index in [0.717, 1.165) is 13.1 Å². The van der Waals surface area contributed by atoms with Crippen molar-refractivity contribution < 1.29 is 0 Å². The molecule has 0 aliphatic carbocycles. The molecule has 1 aromatic rings. The molecule has 0 unspecified atom stereocenters. The van der Waals surface area contributed by atoms with E-state index in [1.165, 1.54) is 17.5 Å². The third kappa shape index (κ3) is 4.43. The second kappa shape index (κ2) is 8.76. The van der Waals surface area contributed by atoms with E-state index in [9.17, 15) is 0 Å². The molecule has 1 N–H and O–H groups in total. The third-order valence-electron chi connectivity index (χ3n) is 1.75. The molecular weight excluding hydrogens is 170 g/mol. The number of nitrogens with one attached hydrogen (secondary N) is 1. The lowest BCUT2D eigenvalue weighted by molar-refractivity contribution is 0.765. The summed E-state index contributed by atoms with van der Waals surface area (Å²) in [5.74, 6) is 0. The van der Waals surface area contributed by atoms with Crippen LogP contribution in [0.4, 0.5) is 0 Å². The molecule has 0 atom stereocenters. The topological polar surface area (TPSA) is 12.0 Å². The standard InChI is InChI=1S/C8H9N.C3H8.C2H6/c1-2-4-8-6-9-5-7(8)3-1;1-3-2;1-2/h1-4,9H,5-6H2;3H2,1-2H3;1-2H3. The molecule has 1 aliphatic rings. The molecule has 1 aromatic carbocycles. The largest absolute Gasteiger partial charge is 0.309 e. The quantitative estimate of drug-likeness (QED) is 0.662. The lowest BCUT2D eigenvalue weighted by Gasteiger charge is -1.91.